The number of hydrogen-bond donors (Lipinski definition) is 2. The van der Waals surface area contributed by atoms with E-state index in [2.05, 4.69) is 37.6 Å². The molecular weight excluding hydrogens is 336 g/mol. The summed E-state index contributed by atoms with van der Waals surface area (Å²) in [6.45, 7) is 7.52. The Bertz CT molecular complexity index is 557. The van der Waals surface area contributed by atoms with Crippen LogP contribution in [-0.4, -0.2) is 62.2 Å². The first-order valence-electron chi connectivity index (χ1n) is 10.7. The van der Waals surface area contributed by atoms with Gasteiger partial charge in [0, 0.05) is 46.0 Å². The van der Waals surface area contributed by atoms with Gasteiger partial charge in [0.1, 0.15) is 5.82 Å². The summed E-state index contributed by atoms with van der Waals surface area (Å²) in [6, 6.07) is 4.34. The molecule has 2 aliphatic rings. The van der Waals surface area contributed by atoms with E-state index in [1.54, 1.807) is 0 Å². The number of hydrogen-bond acceptors (Lipinski definition) is 4. The second kappa shape index (κ2) is 11.1. The van der Waals surface area contributed by atoms with Gasteiger partial charge < -0.3 is 20.4 Å². The highest BCUT2D eigenvalue weighted by atomic mass is 15.2. The van der Waals surface area contributed by atoms with Gasteiger partial charge in [-0.2, -0.15) is 0 Å². The second-order valence-corrected chi connectivity index (χ2v) is 7.68. The van der Waals surface area contributed by atoms with E-state index in [1.807, 2.05) is 13.2 Å². The number of pyridine rings is 1. The van der Waals surface area contributed by atoms with Crippen molar-refractivity contribution < 1.29 is 0 Å². The maximum absolute atomic E-state index is 4.69. The predicted octanol–water partition coefficient (Wildman–Crippen LogP) is 2.61. The van der Waals surface area contributed by atoms with Crippen molar-refractivity contribution in [3.63, 3.8) is 0 Å². The summed E-state index contributed by atoms with van der Waals surface area (Å²) in [6.07, 6.45) is 11.3. The largest absolute Gasteiger partial charge is 0.357 e. The standard InChI is InChI=1S/C21H36N6/c1-22-21(23-11-16-26-12-5-4-6-13-26)25-18-19-9-10-20(24-17-19)27-14-7-2-3-8-15-27/h9-10,17H,2-8,11-16,18H2,1H3,(H2,22,23,25). The van der Waals surface area contributed by atoms with E-state index < -0.39 is 0 Å². The second-order valence-electron chi connectivity index (χ2n) is 7.68. The first-order chi connectivity index (χ1) is 13.3. The summed E-state index contributed by atoms with van der Waals surface area (Å²) >= 11 is 0. The third-order valence-corrected chi connectivity index (χ3v) is 5.59. The van der Waals surface area contributed by atoms with E-state index in [4.69, 9.17) is 4.98 Å². The van der Waals surface area contributed by atoms with Crippen LogP contribution in [0.25, 0.3) is 0 Å². The van der Waals surface area contributed by atoms with Crippen molar-refractivity contribution in [2.45, 2.75) is 51.5 Å². The molecule has 2 N–H and O–H groups in total. The monoisotopic (exact) mass is 372 g/mol. The van der Waals surface area contributed by atoms with Crippen LogP contribution in [-0.2, 0) is 6.54 Å². The molecule has 150 valence electrons. The van der Waals surface area contributed by atoms with Crippen molar-refractivity contribution in [2.75, 3.05) is 51.2 Å². The zero-order valence-electron chi connectivity index (χ0n) is 16.9. The lowest BCUT2D eigenvalue weighted by atomic mass is 10.1. The average molecular weight is 373 g/mol. The molecule has 2 aliphatic heterocycles. The quantitative estimate of drug-likeness (QED) is 0.594. The summed E-state index contributed by atoms with van der Waals surface area (Å²) in [5.41, 5.74) is 1.19. The minimum Gasteiger partial charge on any atom is -0.357 e. The van der Waals surface area contributed by atoms with Crippen LogP contribution in [0.1, 0.15) is 50.5 Å². The number of aliphatic imine (C=N–C) groups is 1. The number of rotatable bonds is 6. The molecule has 3 heterocycles. The smallest absolute Gasteiger partial charge is 0.191 e. The molecule has 2 saturated heterocycles. The van der Waals surface area contributed by atoms with Crippen molar-refractivity contribution in [1.29, 1.82) is 0 Å². The molecule has 0 saturated carbocycles. The van der Waals surface area contributed by atoms with Crippen molar-refractivity contribution in [1.82, 2.24) is 20.5 Å². The molecule has 27 heavy (non-hydrogen) atoms. The third kappa shape index (κ3) is 6.69. The Labute approximate surface area is 164 Å². The SMILES string of the molecule is CN=C(NCCN1CCCCC1)NCc1ccc(N2CCCCCC2)nc1. The first kappa shape index (κ1) is 19.9. The summed E-state index contributed by atoms with van der Waals surface area (Å²) < 4.78 is 0. The number of guanidine groups is 1. The number of piperidine rings is 1. The molecule has 0 radical (unpaired) electrons. The van der Waals surface area contributed by atoms with Crippen LogP contribution < -0.4 is 15.5 Å². The Kier molecular flexibility index (Phi) is 8.21. The van der Waals surface area contributed by atoms with Crippen LogP contribution in [0.5, 0.6) is 0 Å². The van der Waals surface area contributed by atoms with Gasteiger partial charge in [0.25, 0.3) is 0 Å². The maximum atomic E-state index is 4.69. The summed E-state index contributed by atoms with van der Waals surface area (Å²) in [5.74, 6) is 1.98. The molecule has 0 spiro atoms. The van der Waals surface area contributed by atoms with Crippen LogP contribution in [0.2, 0.25) is 0 Å². The summed E-state index contributed by atoms with van der Waals surface area (Å²) in [4.78, 5) is 14.0. The topological polar surface area (TPSA) is 55.8 Å². The highest BCUT2D eigenvalue weighted by Gasteiger charge is 2.11. The molecule has 1 aromatic heterocycles. The lowest BCUT2D eigenvalue weighted by Crippen LogP contribution is -2.42. The number of aromatic nitrogens is 1. The van der Waals surface area contributed by atoms with Crippen LogP contribution >= 0.6 is 0 Å². The number of likely N-dealkylation sites (tertiary alicyclic amines) is 1. The molecule has 2 fully saturated rings. The lowest BCUT2D eigenvalue weighted by molar-refractivity contribution is 0.232. The number of nitrogens with one attached hydrogen (secondary N) is 2. The van der Waals surface area contributed by atoms with Gasteiger partial charge in [-0.05, 0) is 50.4 Å². The highest BCUT2D eigenvalue weighted by Crippen LogP contribution is 2.17. The first-order valence-corrected chi connectivity index (χ1v) is 10.7. The normalized spacial score (nSPS) is 19.6. The summed E-state index contributed by atoms with van der Waals surface area (Å²) in [7, 11) is 1.83. The Morgan fingerprint density at radius 3 is 2.33 bits per heavy atom. The molecule has 0 amide bonds. The van der Waals surface area contributed by atoms with Gasteiger partial charge in [-0.1, -0.05) is 25.3 Å². The Morgan fingerprint density at radius 2 is 1.67 bits per heavy atom. The van der Waals surface area contributed by atoms with Crippen molar-refractivity contribution in [3.05, 3.63) is 23.9 Å². The van der Waals surface area contributed by atoms with Crippen molar-refractivity contribution in [2.24, 2.45) is 4.99 Å². The fourth-order valence-corrected chi connectivity index (χ4v) is 3.93. The summed E-state index contributed by atoms with van der Waals surface area (Å²) in [5, 5.41) is 6.82. The number of anilines is 1. The third-order valence-electron chi connectivity index (χ3n) is 5.59. The Hall–Kier alpha value is -1.82. The molecule has 0 aliphatic carbocycles. The van der Waals surface area contributed by atoms with Gasteiger partial charge in [-0.25, -0.2) is 4.98 Å². The fourth-order valence-electron chi connectivity index (χ4n) is 3.93. The van der Waals surface area contributed by atoms with Crippen LogP contribution in [0.3, 0.4) is 0 Å². The van der Waals surface area contributed by atoms with Crippen LogP contribution in [0.15, 0.2) is 23.3 Å². The van der Waals surface area contributed by atoms with Gasteiger partial charge in [-0.3, -0.25) is 4.99 Å². The van der Waals surface area contributed by atoms with Crippen LogP contribution in [0, 0.1) is 0 Å². The van der Waals surface area contributed by atoms with Crippen molar-refractivity contribution in [3.8, 4) is 0 Å². The molecule has 0 bridgehead atoms. The average Bonchev–Trinajstić information content (AvgIpc) is 3.01. The van der Waals surface area contributed by atoms with E-state index in [9.17, 15) is 0 Å². The molecule has 6 heteroatoms. The highest BCUT2D eigenvalue weighted by molar-refractivity contribution is 5.79. The van der Waals surface area contributed by atoms with E-state index in [1.165, 1.54) is 63.6 Å². The molecule has 6 nitrogen and oxygen atoms in total. The fraction of sp³-hybridized carbons (Fsp3) is 0.714. The predicted molar refractivity (Wildman–Crippen MR) is 113 cm³/mol. The zero-order valence-corrected chi connectivity index (χ0v) is 16.9. The minimum atomic E-state index is 0.747. The minimum absolute atomic E-state index is 0.747. The maximum Gasteiger partial charge on any atom is 0.191 e. The Morgan fingerprint density at radius 1 is 0.963 bits per heavy atom. The van der Waals surface area contributed by atoms with E-state index in [-0.39, 0.29) is 0 Å². The van der Waals surface area contributed by atoms with Gasteiger partial charge in [0.15, 0.2) is 5.96 Å². The molecule has 3 rings (SSSR count). The molecular formula is C21H36N6. The van der Waals surface area contributed by atoms with Gasteiger partial charge >= 0.3 is 0 Å². The molecule has 1 aromatic rings. The number of nitrogens with zero attached hydrogens (tertiary/aromatic N) is 4. The lowest BCUT2D eigenvalue weighted by Gasteiger charge is -2.26. The van der Waals surface area contributed by atoms with Crippen LogP contribution in [0.4, 0.5) is 5.82 Å². The van der Waals surface area contributed by atoms with E-state index >= 15 is 0 Å². The van der Waals surface area contributed by atoms with Gasteiger partial charge in [0.05, 0.1) is 0 Å². The van der Waals surface area contributed by atoms with E-state index in [0.717, 1.165) is 44.5 Å². The van der Waals surface area contributed by atoms with Gasteiger partial charge in [-0.15, -0.1) is 0 Å². The van der Waals surface area contributed by atoms with E-state index in [0.29, 0.717) is 0 Å². The molecule has 0 atom stereocenters. The van der Waals surface area contributed by atoms with Crippen molar-refractivity contribution >= 4 is 11.8 Å². The molecule has 0 aromatic carbocycles. The zero-order chi connectivity index (χ0) is 18.7. The van der Waals surface area contributed by atoms with Gasteiger partial charge in [0.2, 0.25) is 0 Å². The Balaban J connectivity index is 1.39. The molecule has 0 unspecified atom stereocenters.